The van der Waals surface area contributed by atoms with E-state index in [1.807, 2.05) is 17.0 Å². The van der Waals surface area contributed by atoms with Gasteiger partial charge < -0.3 is 9.64 Å². The highest BCUT2D eigenvalue weighted by molar-refractivity contribution is 7.89. The van der Waals surface area contributed by atoms with Gasteiger partial charge in [-0.15, -0.1) is 0 Å². The molecule has 0 aliphatic carbocycles. The molecule has 0 bridgehead atoms. The molecule has 2 saturated heterocycles. The van der Waals surface area contributed by atoms with Crippen molar-refractivity contribution in [3.8, 4) is 5.75 Å². The topological polar surface area (TPSA) is 70.2 Å². The molecule has 2 aromatic carbocycles. The molecule has 1 unspecified atom stereocenters. The Labute approximate surface area is 197 Å². The molecule has 2 aromatic rings. The van der Waals surface area contributed by atoms with Gasteiger partial charge in [0.15, 0.2) is 0 Å². The lowest BCUT2D eigenvalue weighted by molar-refractivity contribution is -0.138. The molecule has 7 nitrogen and oxygen atoms in total. The van der Waals surface area contributed by atoms with E-state index < -0.39 is 10.0 Å². The van der Waals surface area contributed by atoms with Crippen LogP contribution in [0.25, 0.3) is 0 Å². The van der Waals surface area contributed by atoms with Crippen LogP contribution >= 0.6 is 0 Å². The first kappa shape index (κ1) is 23.7. The van der Waals surface area contributed by atoms with Crippen LogP contribution in [-0.4, -0.2) is 81.4 Å². The molecule has 2 fully saturated rings. The Balaban J connectivity index is 1.27. The quantitative estimate of drug-likeness (QED) is 0.621. The number of benzene rings is 2. The maximum Gasteiger partial charge on any atom is 0.243 e. The van der Waals surface area contributed by atoms with Crippen molar-refractivity contribution in [3.05, 3.63) is 60.2 Å². The standard InChI is InChI=1S/C25H33N3O4S/c1-32-23-11-9-21(10-12-23)13-15-26-16-18-27(19-17-26)25(29)22-6-5-14-28(20-22)33(30,31)24-7-3-2-4-8-24/h2-4,7-12,22H,5-6,13-20H2,1H3. The number of hydrogen-bond acceptors (Lipinski definition) is 5. The number of rotatable bonds is 7. The number of amides is 1. The van der Waals surface area contributed by atoms with Gasteiger partial charge in [0.25, 0.3) is 0 Å². The van der Waals surface area contributed by atoms with Crippen LogP contribution in [0.1, 0.15) is 18.4 Å². The van der Waals surface area contributed by atoms with E-state index >= 15 is 0 Å². The third kappa shape index (κ3) is 5.75. The van der Waals surface area contributed by atoms with Gasteiger partial charge in [0.2, 0.25) is 15.9 Å². The Morgan fingerprint density at radius 1 is 0.970 bits per heavy atom. The highest BCUT2D eigenvalue weighted by atomic mass is 32.2. The summed E-state index contributed by atoms with van der Waals surface area (Å²) in [4.78, 5) is 17.8. The largest absolute Gasteiger partial charge is 0.497 e. The fourth-order valence-electron chi connectivity index (χ4n) is 4.63. The molecule has 0 spiro atoms. The number of hydrogen-bond donors (Lipinski definition) is 0. The number of ether oxygens (including phenoxy) is 1. The van der Waals surface area contributed by atoms with E-state index in [1.165, 1.54) is 9.87 Å². The van der Waals surface area contributed by atoms with Crippen LogP contribution in [0.2, 0.25) is 0 Å². The number of methoxy groups -OCH3 is 1. The minimum atomic E-state index is -3.56. The number of piperazine rings is 1. The molecular weight excluding hydrogens is 438 g/mol. The van der Waals surface area contributed by atoms with Crippen LogP contribution in [0.15, 0.2) is 59.5 Å². The Morgan fingerprint density at radius 2 is 1.67 bits per heavy atom. The van der Waals surface area contributed by atoms with Crippen molar-refractivity contribution in [1.29, 1.82) is 0 Å². The molecule has 0 aromatic heterocycles. The predicted octanol–water partition coefficient (Wildman–Crippen LogP) is 2.48. The molecule has 0 radical (unpaired) electrons. The molecule has 0 saturated carbocycles. The van der Waals surface area contributed by atoms with Crippen molar-refractivity contribution in [2.24, 2.45) is 5.92 Å². The van der Waals surface area contributed by atoms with Crippen molar-refractivity contribution < 1.29 is 17.9 Å². The Kier molecular flexibility index (Phi) is 7.67. The summed E-state index contributed by atoms with van der Waals surface area (Å²) in [5, 5.41) is 0. The van der Waals surface area contributed by atoms with E-state index in [9.17, 15) is 13.2 Å². The van der Waals surface area contributed by atoms with Gasteiger partial charge in [-0.25, -0.2) is 8.42 Å². The van der Waals surface area contributed by atoms with Gasteiger partial charge in [-0.1, -0.05) is 30.3 Å². The fourth-order valence-corrected chi connectivity index (χ4v) is 6.18. The van der Waals surface area contributed by atoms with Gasteiger partial charge in [-0.2, -0.15) is 4.31 Å². The number of sulfonamides is 1. The number of piperidine rings is 1. The van der Waals surface area contributed by atoms with Crippen molar-refractivity contribution in [3.63, 3.8) is 0 Å². The summed E-state index contributed by atoms with van der Waals surface area (Å²) in [6.45, 7) is 4.79. The molecule has 2 aliphatic rings. The van der Waals surface area contributed by atoms with Gasteiger partial charge in [0, 0.05) is 45.8 Å². The molecule has 1 amide bonds. The SMILES string of the molecule is COc1ccc(CCN2CCN(C(=O)C3CCCN(S(=O)(=O)c4ccccc4)C3)CC2)cc1. The first-order valence-electron chi connectivity index (χ1n) is 11.7. The van der Waals surface area contributed by atoms with Gasteiger partial charge in [-0.3, -0.25) is 9.69 Å². The van der Waals surface area contributed by atoms with Gasteiger partial charge >= 0.3 is 0 Å². The van der Waals surface area contributed by atoms with Crippen LogP contribution in [0, 0.1) is 5.92 Å². The van der Waals surface area contributed by atoms with E-state index in [2.05, 4.69) is 17.0 Å². The minimum Gasteiger partial charge on any atom is -0.497 e. The molecule has 1 atom stereocenters. The van der Waals surface area contributed by atoms with Crippen molar-refractivity contribution in [2.45, 2.75) is 24.2 Å². The Bertz CT molecular complexity index is 1020. The molecule has 33 heavy (non-hydrogen) atoms. The fraction of sp³-hybridized carbons (Fsp3) is 0.480. The lowest BCUT2D eigenvalue weighted by Crippen LogP contribution is -2.53. The summed E-state index contributed by atoms with van der Waals surface area (Å²) in [5.74, 6) is 0.699. The molecule has 8 heteroatoms. The monoisotopic (exact) mass is 471 g/mol. The van der Waals surface area contributed by atoms with Crippen molar-refractivity contribution in [1.82, 2.24) is 14.1 Å². The highest BCUT2D eigenvalue weighted by Gasteiger charge is 2.35. The van der Waals surface area contributed by atoms with Gasteiger partial charge in [0.05, 0.1) is 17.9 Å². The Morgan fingerprint density at radius 3 is 2.33 bits per heavy atom. The van der Waals surface area contributed by atoms with Crippen LogP contribution in [-0.2, 0) is 21.2 Å². The molecule has 178 valence electrons. The van der Waals surface area contributed by atoms with E-state index in [1.54, 1.807) is 37.4 Å². The smallest absolute Gasteiger partial charge is 0.243 e. The molecular formula is C25H33N3O4S. The lowest BCUT2D eigenvalue weighted by Gasteiger charge is -2.38. The third-order valence-electron chi connectivity index (χ3n) is 6.67. The average Bonchev–Trinajstić information content (AvgIpc) is 2.88. The summed E-state index contributed by atoms with van der Waals surface area (Å²) in [6.07, 6.45) is 2.43. The second-order valence-corrected chi connectivity index (χ2v) is 10.7. The van der Waals surface area contributed by atoms with E-state index in [-0.39, 0.29) is 18.4 Å². The second-order valence-electron chi connectivity index (χ2n) is 8.78. The maximum atomic E-state index is 13.2. The number of carbonyl (C=O) groups excluding carboxylic acids is 1. The second kappa shape index (κ2) is 10.7. The zero-order chi connectivity index (χ0) is 23.3. The van der Waals surface area contributed by atoms with Crippen molar-refractivity contribution >= 4 is 15.9 Å². The van der Waals surface area contributed by atoms with Crippen LogP contribution in [0.5, 0.6) is 5.75 Å². The van der Waals surface area contributed by atoms with Crippen LogP contribution in [0.3, 0.4) is 0 Å². The van der Waals surface area contributed by atoms with Crippen LogP contribution in [0.4, 0.5) is 0 Å². The Hall–Kier alpha value is -2.42. The van der Waals surface area contributed by atoms with E-state index in [4.69, 9.17) is 4.74 Å². The number of carbonyl (C=O) groups is 1. The maximum absolute atomic E-state index is 13.2. The molecule has 2 aliphatic heterocycles. The lowest BCUT2D eigenvalue weighted by atomic mass is 9.97. The summed E-state index contributed by atoms with van der Waals surface area (Å²) in [5.41, 5.74) is 1.27. The van der Waals surface area contributed by atoms with Gasteiger partial charge in [-0.05, 0) is 49.1 Å². The molecule has 2 heterocycles. The zero-order valence-electron chi connectivity index (χ0n) is 19.2. The number of nitrogens with zero attached hydrogens (tertiary/aromatic N) is 3. The minimum absolute atomic E-state index is 0.0952. The summed E-state index contributed by atoms with van der Waals surface area (Å²) in [7, 11) is -1.89. The van der Waals surface area contributed by atoms with E-state index in [0.29, 0.717) is 31.0 Å². The zero-order valence-corrected chi connectivity index (χ0v) is 20.0. The average molecular weight is 472 g/mol. The van der Waals surface area contributed by atoms with Crippen molar-refractivity contribution in [2.75, 3.05) is 52.9 Å². The molecule has 0 N–H and O–H groups in total. The summed E-state index contributed by atoms with van der Waals surface area (Å²) >= 11 is 0. The van der Waals surface area contributed by atoms with Gasteiger partial charge in [0.1, 0.15) is 5.75 Å². The van der Waals surface area contributed by atoms with E-state index in [0.717, 1.165) is 38.2 Å². The van der Waals surface area contributed by atoms with Crippen LogP contribution < -0.4 is 4.74 Å². The molecule has 4 rings (SSSR count). The highest BCUT2D eigenvalue weighted by Crippen LogP contribution is 2.25. The summed E-state index contributed by atoms with van der Waals surface area (Å²) in [6, 6.07) is 16.7. The normalized spacial score (nSPS) is 20.5. The summed E-state index contributed by atoms with van der Waals surface area (Å²) < 4.78 is 32.7. The third-order valence-corrected chi connectivity index (χ3v) is 8.55. The first-order chi connectivity index (χ1) is 16.0. The predicted molar refractivity (Wildman–Crippen MR) is 128 cm³/mol. The first-order valence-corrected chi connectivity index (χ1v) is 13.1.